The Bertz CT molecular complexity index is 297. The predicted molar refractivity (Wildman–Crippen MR) is 80.4 cm³/mol. The monoisotopic (exact) mass is 269 g/mol. The van der Waals surface area contributed by atoms with Crippen LogP contribution in [0.25, 0.3) is 0 Å². The number of fused-ring (bicyclic) bond motifs is 2. The summed E-state index contributed by atoms with van der Waals surface area (Å²) in [5, 5.41) is 4.15. The number of hydrogen-bond acceptors (Lipinski definition) is 2. The maximum absolute atomic E-state index is 6.64. The van der Waals surface area contributed by atoms with Crippen LogP contribution in [0.4, 0.5) is 0 Å². The van der Waals surface area contributed by atoms with Crippen LogP contribution in [0.3, 0.4) is 0 Å². The molecule has 2 bridgehead atoms. The fourth-order valence-electron chi connectivity index (χ4n) is 3.07. The molecule has 0 aromatic rings. The third kappa shape index (κ3) is 2.83. The van der Waals surface area contributed by atoms with Gasteiger partial charge in [-0.2, -0.15) is 0 Å². The molecule has 4 atom stereocenters. The van der Waals surface area contributed by atoms with Gasteiger partial charge in [-0.05, 0) is 49.7 Å². The van der Waals surface area contributed by atoms with Gasteiger partial charge in [0.25, 0.3) is 0 Å². The molecular weight excluding hydrogens is 238 g/mol. The van der Waals surface area contributed by atoms with E-state index < -0.39 is 8.32 Å². The van der Waals surface area contributed by atoms with Gasteiger partial charge in [-0.15, -0.1) is 0 Å². The van der Waals surface area contributed by atoms with Crippen molar-refractivity contribution in [3.05, 3.63) is 0 Å². The molecule has 0 aromatic carbocycles. The van der Waals surface area contributed by atoms with E-state index in [0.717, 1.165) is 12.0 Å². The van der Waals surface area contributed by atoms with Crippen LogP contribution in [0, 0.1) is 5.92 Å². The average molecular weight is 270 g/mol. The van der Waals surface area contributed by atoms with Crippen molar-refractivity contribution >= 4 is 8.32 Å². The van der Waals surface area contributed by atoms with Crippen molar-refractivity contribution in [3.8, 4) is 0 Å². The zero-order valence-electron chi connectivity index (χ0n) is 13.0. The van der Waals surface area contributed by atoms with Crippen LogP contribution < -0.4 is 5.32 Å². The first-order valence-corrected chi connectivity index (χ1v) is 10.6. The summed E-state index contributed by atoms with van der Waals surface area (Å²) in [6, 6.07) is 1.37. The Labute approximate surface area is 114 Å². The molecule has 3 heteroatoms. The Morgan fingerprint density at radius 1 is 1.00 bits per heavy atom. The zero-order valence-corrected chi connectivity index (χ0v) is 14.0. The first kappa shape index (κ1) is 14.5. The second kappa shape index (κ2) is 4.91. The van der Waals surface area contributed by atoms with Gasteiger partial charge in [0.05, 0.1) is 6.10 Å². The molecule has 0 aliphatic carbocycles. The molecule has 0 unspecified atom stereocenters. The fraction of sp³-hybridized carbons (Fsp3) is 1.00. The van der Waals surface area contributed by atoms with Crippen molar-refractivity contribution in [3.63, 3.8) is 0 Å². The van der Waals surface area contributed by atoms with Crippen LogP contribution >= 0.6 is 0 Å². The third-order valence-electron chi connectivity index (χ3n) is 5.51. The first-order valence-electron chi connectivity index (χ1n) is 7.64. The summed E-state index contributed by atoms with van der Waals surface area (Å²) in [7, 11) is -1.61. The minimum Gasteiger partial charge on any atom is -0.412 e. The van der Waals surface area contributed by atoms with Gasteiger partial charge >= 0.3 is 0 Å². The first-order chi connectivity index (χ1) is 8.21. The molecule has 2 saturated heterocycles. The molecule has 0 amide bonds. The highest BCUT2D eigenvalue weighted by Crippen LogP contribution is 2.40. The highest BCUT2D eigenvalue weighted by molar-refractivity contribution is 6.74. The van der Waals surface area contributed by atoms with E-state index in [1.165, 1.54) is 25.7 Å². The molecule has 2 nitrogen and oxygen atoms in total. The summed E-state index contributed by atoms with van der Waals surface area (Å²) in [5.41, 5.74) is 0. The largest absolute Gasteiger partial charge is 0.412 e. The van der Waals surface area contributed by atoms with Crippen LogP contribution in [-0.4, -0.2) is 26.5 Å². The van der Waals surface area contributed by atoms with Crippen LogP contribution in [-0.2, 0) is 4.43 Å². The lowest BCUT2D eigenvalue weighted by atomic mass is 9.79. The Morgan fingerprint density at radius 2 is 1.61 bits per heavy atom. The van der Waals surface area contributed by atoms with E-state index in [4.69, 9.17) is 4.43 Å². The van der Waals surface area contributed by atoms with Gasteiger partial charge in [-0.1, -0.05) is 27.7 Å². The summed E-state index contributed by atoms with van der Waals surface area (Å²) in [6.07, 6.45) is 5.71. The zero-order chi connectivity index (χ0) is 13.6. The van der Waals surface area contributed by atoms with E-state index in [0.29, 0.717) is 17.2 Å². The van der Waals surface area contributed by atoms with Gasteiger partial charge in [-0.25, -0.2) is 0 Å². The molecule has 1 N–H and O–H groups in total. The molecule has 2 fully saturated rings. The van der Waals surface area contributed by atoms with Gasteiger partial charge in [-0.3, -0.25) is 0 Å². The standard InChI is InChI=1S/C15H31NOSi/c1-11-7-8-13-14(10-9-12(11)16-13)17-18(5,6)15(2,3)4/h11-14,16H,7-10H2,1-6H3/t11-,12-,13-,14-/m0/s1. The molecule has 106 valence electrons. The topological polar surface area (TPSA) is 21.3 Å². The summed E-state index contributed by atoms with van der Waals surface area (Å²) < 4.78 is 6.64. The smallest absolute Gasteiger partial charge is 0.192 e. The van der Waals surface area contributed by atoms with Gasteiger partial charge in [0.1, 0.15) is 0 Å². The minimum absolute atomic E-state index is 0.325. The number of piperidine rings is 2. The Hall–Kier alpha value is 0.137. The van der Waals surface area contributed by atoms with Crippen molar-refractivity contribution in [1.29, 1.82) is 0 Å². The Balaban J connectivity index is 1.99. The Morgan fingerprint density at radius 3 is 2.22 bits per heavy atom. The normalized spacial score (nSPS) is 37.7. The third-order valence-corrected chi connectivity index (χ3v) is 10.0. The number of nitrogens with one attached hydrogen (secondary N) is 1. The van der Waals surface area contributed by atoms with Crippen molar-refractivity contribution in [2.45, 2.75) is 89.7 Å². The number of hydrogen-bond donors (Lipinski definition) is 1. The summed E-state index contributed by atoms with van der Waals surface area (Å²) in [5.74, 6) is 0.857. The maximum atomic E-state index is 6.64. The Kier molecular flexibility index (Phi) is 3.97. The second-order valence-corrected chi connectivity index (χ2v) is 12.7. The van der Waals surface area contributed by atoms with Crippen molar-refractivity contribution in [1.82, 2.24) is 5.32 Å². The lowest BCUT2D eigenvalue weighted by molar-refractivity contribution is 0.0476. The average Bonchev–Trinajstić information content (AvgIpc) is 2.25. The van der Waals surface area contributed by atoms with Crippen molar-refractivity contribution in [2.75, 3.05) is 0 Å². The molecule has 2 aliphatic rings. The van der Waals surface area contributed by atoms with E-state index in [1.807, 2.05) is 0 Å². The lowest BCUT2D eigenvalue weighted by Crippen LogP contribution is -2.59. The molecule has 2 rings (SSSR count). The van der Waals surface area contributed by atoms with Crippen LogP contribution in [0.15, 0.2) is 0 Å². The van der Waals surface area contributed by atoms with E-state index in [-0.39, 0.29) is 0 Å². The van der Waals surface area contributed by atoms with E-state index in [9.17, 15) is 0 Å². The molecule has 0 aromatic heterocycles. The van der Waals surface area contributed by atoms with Gasteiger partial charge < -0.3 is 9.74 Å². The lowest BCUT2D eigenvalue weighted by Gasteiger charge is -2.48. The van der Waals surface area contributed by atoms with E-state index >= 15 is 0 Å². The van der Waals surface area contributed by atoms with E-state index in [2.05, 4.69) is 46.1 Å². The van der Waals surface area contributed by atoms with Crippen molar-refractivity contribution in [2.24, 2.45) is 5.92 Å². The summed E-state index contributed by atoms with van der Waals surface area (Å²) >= 11 is 0. The molecule has 2 aliphatic heterocycles. The van der Waals surface area contributed by atoms with Gasteiger partial charge in [0.15, 0.2) is 8.32 Å². The van der Waals surface area contributed by atoms with Crippen molar-refractivity contribution < 1.29 is 4.43 Å². The SMILES string of the molecule is C[C@H]1CC[C@@H]2N[C@H]1CC[C@@H]2O[Si](C)(C)C(C)(C)C. The molecule has 18 heavy (non-hydrogen) atoms. The van der Waals surface area contributed by atoms with Crippen LogP contribution in [0.5, 0.6) is 0 Å². The van der Waals surface area contributed by atoms with Gasteiger partial charge in [0, 0.05) is 12.1 Å². The summed E-state index contributed by atoms with van der Waals surface area (Å²) in [6.45, 7) is 14.2. The predicted octanol–water partition coefficient (Wildman–Crippen LogP) is 3.93. The molecule has 0 spiro atoms. The van der Waals surface area contributed by atoms with Gasteiger partial charge in [0.2, 0.25) is 0 Å². The highest BCUT2D eigenvalue weighted by atomic mass is 28.4. The molecular formula is C15H31NOSi. The number of rotatable bonds is 2. The van der Waals surface area contributed by atoms with E-state index in [1.54, 1.807) is 0 Å². The van der Waals surface area contributed by atoms with Crippen LogP contribution in [0.2, 0.25) is 18.1 Å². The quantitative estimate of drug-likeness (QED) is 0.767. The minimum atomic E-state index is -1.61. The molecule has 0 radical (unpaired) electrons. The maximum Gasteiger partial charge on any atom is 0.192 e. The summed E-state index contributed by atoms with van der Waals surface area (Å²) in [4.78, 5) is 0. The van der Waals surface area contributed by atoms with Crippen LogP contribution in [0.1, 0.15) is 53.4 Å². The fourth-order valence-corrected chi connectivity index (χ4v) is 4.46. The molecule has 0 saturated carbocycles. The molecule has 2 heterocycles. The second-order valence-electron chi connectivity index (χ2n) is 7.93. The highest BCUT2D eigenvalue weighted by Gasteiger charge is 2.43.